The molecule has 126 valence electrons. The average Bonchev–Trinajstić information content (AvgIpc) is 2.98. The van der Waals surface area contributed by atoms with Crippen molar-refractivity contribution < 1.29 is 15.0 Å². The van der Waals surface area contributed by atoms with Gasteiger partial charge in [0.25, 0.3) is 0 Å². The van der Waals surface area contributed by atoms with Gasteiger partial charge in [-0.2, -0.15) is 0 Å². The third-order valence-corrected chi connectivity index (χ3v) is 3.60. The van der Waals surface area contributed by atoms with Crippen LogP contribution in [0.3, 0.4) is 0 Å². The zero-order chi connectivity index (χ0) is 17.5. The molecular formula is C19H27NO3. The fourth-order valence-corrected chi connectivity index (χ4v) is 2.07. The Bertz CT molecular complexity index is 588. The molecule has 0 aliphatic rings. The molecule has 2 atom stereocenters. The molecule has 0 spiro atoms. The van der Waals surface area contributed by atoms with E-state index in [1.54, 1.807) is 38.3 Å². The summed E-state index contributed by atoms with van der Waals surface area (Å²) in [7, 11) is 0. The van der Waals surface area contributed by atoms with E-state index in [-0.39, 0.29) is 5.78 Å². The van der Waals surface area contributed by atoms with Crippen molar-refractivity contribution in [3.05, 3.63) is 59.5 Å². The number of carbonyl (C=O) groups excluding carboxylic acids is 1. The predicted octanol–water partition coefficient (Wildman–Crippen LogP) is 3.56. The third kappa shape index (κ3) is 6.80. The number of aliphatic hydroxyl groups is 2. The van der Waals surface area contributed by atoms with Gasteiger partial charge in [0, 0.05) is 6.20 Å². The first kappa shape index (κ1) is 19.1. The monoisotopic (exact) mass is 317 g/mol. The van der Waals surface area contributed by atoms with Crippen LogP contribution in [0.5, 0.6) is 0 Å². The summed E-state index contributed by atoms with van der Waals surface area (Å²) in [4.78, 5) is 14.8. The number of carbonyl (C=O) groups is 1. The van der Waals surface area contributed by atoms with E-state index in [1.807, 2.05) is 19.9 Å². The summed E-state index contributed by atoms with van der Waals surface area (Å²) in [5.74, 6) is -0.123. The number of aliphatic hydroxyl groups excluding tert-OH is 1. The van der Waals surface area contributed by atoms with Crippen LogP contribution in [0.1, 0.15) is 51.0 Å². The van der Waals surface area contributed by atoms with Crippen molar-refractivity contribution in [1.29, 1.82) is 0 Å². The summed E-state index contributed by atoms with van der Waals surface area (Å²) in [5.41, 5.74) is 1.22. The number of allylic oxidation sites excluding steroid dienone is 5. The van der Waals surface area contributed by atoms with Gasteiger partial charge in [0.2, 0.25) is 5.78 Å². The topological polar surface area (TPSA) is 73.3 Å². The van der Waals surface area contributed by atoms with Gasteiger partial charge in [-0.15, -0.1) is 0 Å². The molecule has 0 aromatic carbocycles. The lowest BCUT2D eigenvalue weighted by Crippen LogP contribution is -2.37. The Labute approximate surface area is 138 Å². The van der Waals surface area contributed by atoms with Gasteiger partial charge >= 0.3 is 0 Å². The molecule has 4 nitrogen and oxygen atoms in total. The van der Waals surface area contributed by atoms with Gasteiger partial charge in [-0.1, -0.05) is 23.8 Å². The number of H-pyrrole nitrogens is 1. The number of aromatic amines is 1. The van der Waals surface area contributed by atoms with Crippen LogP contribution in [0.15, 0.2) is 53.8 Å². The highest BCUT2D eigenvalue weighted by Gasteiger charge is 2.27. The number of hydrogen-bond donors (Lipinski definition) is 3. The second kappa shape index (κ2) is 8.65. The molecule has 1 heterocycles. The van der Waals surface area contributed by atoms with Crippen molar-refractivity contribution in [1.82, 2.24) is 4.98 Å². The number of nitrogens with one attached hydrogen (secondary N) is 1. The van der Waals surface area contributed by atoms with Crippen LogP contribution < -0.4 is 0 Å². The maximum Gasteiger partial charge on any atom is 0.202 e. The van der Waals surface area contributed by atoms with Crippen molar-refractivity contribution in [3.8, 4) is 0 Å². The molecule has 0 saturated carbocycles. The fraction of sp³-hybridized carbons (Fsp3) is 0.421. The number of ketones is 1. The highest BCUT2D eigenvalue weighted by atomic mass is 16.3. The van der Waals surface area contributed by atoms with Crippen LogP contribution in [0.2, 0.25) is 0 Å². The van der Waals surface area contributed by atoms with Gasteiger partial charge in [0.15, 0.2) is 0 Å². The summed E-state index contributed by atoms with van der Waals surface area (Å²) < 4.78 is 0. The van der Waals surface area contributed by atoms with E-state index in [2.05, 4.69) is 4.98 Å². The lowest BCUT2D eigenvalue weighted by molar-refractivity contribution is -0.0427. The first-order valence-corrected chi connectivity index (χ1v) is 7.80. The Hall–Kier alpha value is -1.91. The van der Waals surface area contributed by atoms with Crippen LogP contribution in [0, 0.1) is 0 Å². The second-order valence-corrected chi connectivity index (χ2v) is 6.32. The molecule has 23 heavy (non-hydrogen) atoms. The van der Waals surface area contributed by atoms with E-state index in [1.165, 1.54) is 17.7 Å². The van der Waals surface area contributed by atoms with Gasteiger partial charge in [0.05, 0.1) is 11.3 Å². The van der Waals surface area contributed by atoms with Gasteiger partial charge in [0.1, 0.15) is 6.10 Å². The van der Waals surface area contributed by atoms with E-state index in [0.717, 1.165) is 0 Å². The SMILES string of the molecule is CC(C)=CCCC(C)(O)C(O)C=CC(C)=CC(=O)c1ccc[nH]1. The molecule has 2 unspecified atom stereocenters. The first-order valence-electron chi connectivity index (χ1n) is 7.80. The standard InChI is InChI=1S/C19H27NO3/c1-14(2)7-5-11-19(4,23)18(22)10-9-15(3)13-17(21)16-8-6-12-20-16/h6-10,12-13,18,20,22-23H,5,11H2,1-4H3. The fourth-order valence-electron chi connectivity index (χ4n) is 2.07. The number of hydrogen-bond acceptors (Lipinski definition) is 3. The third-order valence-electron chi connectivity index (χ3n) is 3.60. The van der Waals surface area contributed by atoms with Gasteiger partial charge in [-0.25, -0.2) is 0 Å². The minimum Gasteiger partial charge on any atom is -0.387 e. The van der Waals surface area contributed by atoms with E-state index in [4.69, 9.17) is 0 Å². The quantitative estimate of drug-likeness (QED) is 0.297. The van der Waals surface area contributed by atoms with E-state index in [0.29, 0.717) is 24.1 Å². The van der Waals surface area contributed by atoms with E-state index in [9.17, 15) is 15.0 Å². The van der Waals surface area contributed by atoms with E-state index >= 15 is 0 Å². The smallest absolute Gasteiger partial charge is 0.202 e. The summed E-state index contributed by atoms with van der Waals surface area (Å²) in [6.45, 7) is 7.40. The Morgan fingerprint density at radius 3 is 2.65 bits per heavy atom. The Morgan fingerprint density at radius 1 is 1.39 bits per heavy atom. The molecule has 0 aliphatic carbocycles. The molecule has 1 aromatic heterocycles. The average molecular weight is 317 g/mol. The molecule has 4 heteroatoms. The Balaban J connectivity index is 2.63. The maximum absolute atomic E-state index is 11.9. The minimum absolute atomic E-state index is 0.123. The number of rotatable bonds is 8. The molecule has 0 amide bonds. The van der Waals surface area contributed by atoms with Crippen molar-refractivity contribution in [2.75, 3.05) is 0 Å². The van der Waals surface area contributed by atoms with Crippen LogP contribution in [0.4, 0.5) is 0 Å². The largest absolute Gasteiger partial charge is 0.387 e. The summed E-state index contributed by atoms with van der Waals surface area (Å²) in [6.07, 6.45) is 8.58. The van der Waals surface area contributed by atoms with Crippen LogP contribution in [-0.4, -0.2) is 32.7 Å². The summed E-state index contributed by atoms with van der Waals surface area (Å²) in [6, 6.07) is 3.47. The van der Waals surface area contributed by atoms with Gasteiger partial charge < -0.3 is 15.2 Å². The zero-order valence-corrected chi connectivity index (χ0v) is 14.3. The molecule has 0 aliphatic heterocycles. The van der Waals surface area contributed by atoms with Crippen molar-refractivity contribution in [2.45, 2.75) is 52.2 Å². The molecular weight excluding hydrogens is 290 g/mol. The molecule has 3 N–H and O–H groups in total. The van der Waals surface area contributed by atoms with Gasteiger partial charge in [-0.3, -0.25) is 4.79 Å². The highest BCUT2D eigenvalue weighted by Crippen LogP contribution is 2.19. The van der Waals surface area contributed by atoms with Crippen molar-refractivity contribution >= 4 is 5.78 Å². The molecule has 0 saturated heterocycles. The maximum atomic E-state index is 11.9. The molecule has 1 rings (SSSR count). The summed E-state index contributed by atoms with van der Waals surface area (Å²) >= 11 is 0. The second-order valence-electron chi connectivity index (χ2n) is 6.32. The number of aromatic nitrogens is 1. The lowest BCUT2D eigenvalue weighted by Gasteiger charge is -2.26. The van der Waals surface area contributed by atoms with Gasteiger partial charge in [-0.05, 0) is 64.3 Å². The molecule has 0 radical (unpaired) electrons. The van der Waals surface area contributed by atoms with Crippen molar-refractivity contribution in [2.24, 2.45) is 0 Å². The summed E-state index contributed by atoms with van der Waals surface area (Å²) in [5, 5.41) is 20.5. The van der Waals surface area contributed by atoms with Crippen LogP contribution in [-0.2, 0) is 0 Å². The normalized spacial score (nSPS) is 16.2. The highest BCUT2D eigenvalue weighted by molar-refractivity contribution is 6.03. The zero-order valence-electron chi connectivity index (χ0n) is 14.3. The Kier molecular flexibility index (Phi) is 7.20. The van der Waals surface area contributed by atoms with Crippen LogP contribution >= 0.6 is 0 Å². The first-order chi connectivity index (χ1) is 10.7. The molecule has 0 bridgehead atoms. The van der Waals surface area contributed by atoms with Crippen molar-refractivity contribution in [3.63, 3.8) is 0 Å². The Morgan fingerprint density at radius 2 is 2.09 bits per heavy atom. The molecule has 1 aromatic rings. The van der Waals surface area contributed by atoms with E-state index < -0.39 is 11.7 Å². The lowest BCUT2D eigenvalue weighted by atomic mass is 9.92. The van der Waals surface area contributed by atoms with Crippen LogP contribution in [0.25, 0.3) is 0 Å². The minimum atomic E-state index is -1.20. The predicted molar refractivity (Wildman–Crippen MR) is 93.3 cm³/mol. The molecule has 0 fully saturated rings.